The molecule has 3 aromatic rings. The molecule has 0 saturated carbocycles. The summed E-state index contributed by atoms with van der Waals surface area (Å²) in [5, 5.41) is 22.2. The highest BCUT2D eigenvalue weighted by atomic mass is 16.3. The summed E-state index contributed by atoms with van der Waals surface area (Å²) in [6.45, 7) is -0.519. The summed E-state index contributed by atoms with van der Waals surface area (Å²) in [5.74, 6) is -0.977. The highest BCUT2D eigenvalue weighted by molar-refractivity contribution is 6.01. The van der Waals surface area contributed by atoms with Gasteiger partial charge < -0.3 is 15.7 Å². The summed E-state index contributed by atoms with van der Waals surface area (Å²) >= 11 is 0. The predicted molar refractivity (Wildman–Crippen MR) is 87.3 cm³/mol. The molecule has 0 radical (unpaired) electrons. The SMILES string of the molecule is O=C(N[C@@H](CO)C(=O)Nc1ccc2cn[nH]c2c1)c1ccncc1. The average molecular weight is 325 g/mol. The second kappa shape index (κ2) is 6.88. The molecular formula is C16H15N5O3. The second-order valence-corrected chi connectivity index (χ2v) is 5.11. The second-order valence-electron chi connectivity index (χ2n) is 5.11. The van der Waals surface area contributed by atoms with Crippen LogP contribution < -0.4 is 10.6 Å². The van der Waals surface area contributed by atoms with Gasteiger partial charge in [0.1, 0.15) is 6.04 Å². The third-order valence-electron chi connectivity index (χ3n) is 3.46. The standard InChI is InChI=1S/C16H15N5O3/c22-9-14(20-15(23)10-3-5-17-6-4-10)16(24)19-12-2-1-11-8-18-21-13(11)7-12/h1-8,14,22H,9H2,(H,18,21)(H,19,24)(H,20,23)/t14-/m0/s1. The molecule has 0 unspecified atom stereocenters. The normalized spacial score (nSPS) is 11.9. The first-order chi connectivity index (χ1) is 11.7. The number of carbonyl (C=O) groups is 2. The first-order valence-corrected chi connectivity index (χ1v) is 7.23. The van der Waals surface area contributed by atoms with Gasteiger partial charge in [-0.05, 0) is 30.3 Å². The van der Waals surface area contributed by atoms with Crippen LogP contribution in [0.4, 0.5) is 5.69 Å². The number of amides is 2. The van der Waals surface area contributed by atoms with Crippen molar-refractivity contribution in [1.82, 2.24) is 20.5 Å². The molecule has 2 amide bonds. The van der Waals surface area contributed by atoms with Crippen LogP contribution in [0, 0.1) is 0 Å². The Morgan fingerprint density at radius 3 is 2.75 bits per heavy atom. The van der Waals surface area contributed by atoms with Gasteiger partial charge in [-0.3, -0.25) is 19.7 Å². The summed E-state index contributed by atoms with van der Waals surface area (Å²) in [6.07, 6.45) is 4.62. The van der Waals surface area contributed by atoms with Crippen molar-refractivity contribution in [2.24, 2.45) is 0 Å². The number of benzene rings is 1. The number of anilines is 1. The highest BCUT2D eigenvalue weighted by Gasteiger charge is 2.20. The summed E-state index contributed by atoms with van der Waals surface area (Å²) < 4.78 is 0. The largest absolute Gasteiger partial charge is 0.394 e. The molecule has 1 atom stereocenters. The molecule has 0 spiro atoms. The first kappa shape index (κ1) is 15.6. The number of nitrogens with one attached hydrogen (secondary N) is 3. The predicted octanol–water partition coefficient (Wildman–Crippen LogP) is 0.687. The number of H-pyrrole nitrogens is 1. The van der Waals surface area contributed by atoms with Gasteiger partial charge in [0, 0.05) is 29.0 Å². The molecular weight excluding hydrogens is 310 g/mol. The minimum Gasteiger partial charge on any atom is -0.394 e. The smallest absolute Gasteiger partial charge is 0.252 e. The van der Waals surface area contributed by atoms with Crippen molar-refractivity contribution in [2.75, 3.05) is 11.9 Å². The van der Waals surface area contributed by atoms with Crippen LogP contribution in [0.25, 0.3) is 10.9 Å². The number of pyridine rings is 1. The number of fused-ring (bicyclic) bond motifs is 1. The Labute approximate surface area is 136 Å². The monoisotopic (exact) mass is 325 g/mol. The molecule has 1 aromatic carbocycles. The Hall–Kier alpha value is -3.26. The topological polar surface area (TPSA) is 120 Å². The fourth-order valence-electron chi connectivity index (χ4n) is 2.18. The van der Waals surface area contributed by atoms with Gasteiger partial charge in [-0.25, -0.2) is 0 Å². The lowest BCUT2D eigenvalue weighted by Crippen LogP contribution is -2.46. The Morgan fingerprint density at radius 1 is 1.21 bits per heavy atom. The van der Waals surface area contributed by atoms with Crippen molar-refractivity contribution in [2.45, 2.75) is 6.04 Å². The van der Waals surface area contributed by atoms with Gasteiger partial charge in [0.05, 0.1) is 18.3 Å². The molecule has 0 fully saturated rings. The van der Waals surface area contributed by atoms with Crippen molar-refractivity contribution in [3.05, 3.63) is 54.5 Å². The van der Waals surface area contributed by atoms with Gasteiger partial charge in [-0.1, -0.05) is 0 Å². The molecule has 3 rings (SSSR count). The van der Waals surface area contributed by atoms with E-state index in [2.05, 4.69) is 25.8 Å². The van der Waals surface area contributed by atoms with E-state index in [0.717, 1.165) is 10.9 Å². The summed E-state index contributed by atoms with van der Waals surface area (Å²) in [6, 6.07) is 7.22. The molecule has 0 aliphatic heterocycles. The van der Waals surface area contributed by atoms with Crippen LogP contribution in [0.3, 0.4) is 0 Å². The average Bonchev–Trinajstić information content (AvgIpc) is 3.07. The van der Waals surface area contributed by atoms with E-state index >= 15 is 0 Å². The molecule has 4 N–H and O–H groups in total. The van der Waals surface area contributed by atoms with Crippen molar-refractivity contribution < 1.29 is 14.7 Å². The van der Waals surface area contributed by atoms with Gasteiger partial charge in [-0.2, -0.15) is 5.10 Å². The van der Waals surface area contributed by atoms with Crippen LogP contribution in [0.5, 0.6) is 0 Å². The zero-order chi connectivity index (χ0) is 16.9. The van der Waals surface area contributed by atoms with Crippen LogP contribution in [0.2, 0.25) is 0 Å². The van der Waals surface area contributed by atoms with Gasteiger partial charge in [-0.15, -0.1) is 0 Å². The van der Waals surface area contributed by atoms with Crippen LogP contribution in [0.1, 0.15) is 10.4 Å². The quantitative estimate of drug-likeness (QED) is 0.550. The molecule has 0 aliphatic rings. The first-order valence-electron chi connectivity index (χ1n) is 7.23. The number of hydrogen-bond donors (Lipinski definition) is 4. The fourth-order valence-corrected chi connectivity index (χ4v) is 2.18. The maximum Gasteiger partial charge on any atom is 0.252 e. The maximum atomic E-state index is 12.3. The zero-order valence-corrected chi connectivity index (χ0v) is 12.6. The van der Waals surface area contributed by atoms with E-state index in [1.165, 1.54) is 24.5 Å². The molecule has 0 bridgehead atoms. The Morgan fingerprint density at radius 2 is 2.00 bits per heavy atom. The minimum absolute atomic E-state index is 0.357. The number of aromatic amines is 1. The van der Waals surface area contributed by atoms with Gasteiger partial charge in [0.15, 0.2) is 0 Å². The molecule has 8 nitrogen and oxygen atoms in total. The highest BCUT2D eigenvalue weighted by Crippen LogP contribution is 2.16. The lowest BCUT2D eigenvalue weighted by atomic mass is 10.2. The number of aromatic nitrogens is 3. The lowest BCUT2D eigenvalue weighted by Gasteiger charge is -2.16. The Kier molecular flexibility index (Phi) is 4.48. The molecule has 24 heavy (non-hydrogen) atoms. The molecule has 8 heteroatoms. The number of aliphatic hydroxyl groups is 1. The molecule has 2 heterocycles. The Bertz CT molecular complexity index is 862. The van der Waals surface area contributed by atoms with E-state index in [-0.39, 0.29) is 0 Å². The molecule has 2 aromatic heterocycles. The zero-order valence-electron chi connectivity index (χ0n) is 12.6. The fraction of sp³-hybridized carbons (Fsp3) is 0.125. The van der Waals surface area contributed by atoms with E-state index in [9.17, 15) is 14.7 Å². The summed E-state index contributed by atoms with van der Waals surface area (Å²) in [7, 11) is 0. The van der Waals surface area contributed by atoms with Gasteiger partial charge in [0.2, 0.25) is 5.91 Å². The molecule has 122 valence electrons. The van der Waals surface area contributed by atoms with Crippen LogP contribution >= 0.6 is 0 Å². The van der Waals surface area contributed by atoms with E-state index in [1.807, 2.05) is 0 Å². The number of rotatable bonds is 5. The minimum atomic E-state index is -1.07. The van der Waals surface area contributed by atoms with E-state index in [1.54, 1.807) is 24.4 Å². The lowest BCUT2D eigenvalue weighted by molar-refractivity contribution is -0.118. The van der Waals surface area contributed by atoms with Crippen molar-refractivity contribution in [3.63, 3.8) is 0 Å². The number of hydrogen-bond acceptors (Lipinski definition) is 5. The van der Waals surface area contributed by atoms with E-state index in [4.69, 9.17) is 0 Å². The van der Waals surface area contributed by atoms with Crippen LogP contribution in [-0.4, -0.2) is 44.8 Å². The summed E-state index contributed by atoms with van der Waals surface area (Å²) in [5.41, 5.74) is 1.66. The van der Waals surface area contributed by atoms with E-state index in [0.29, 0.717) is 11.3 Å². The number of carbonyl (C=O) groups excluding carboxylic acids is 2. The molecule has 0 saturated heterocycles. The van der Waals surface area contributed by atoms with Crippen LogP contribution in [-0.2, 0) is 4.79 Å². The van der Waals surface area contributed by atoms with Crippen molar-refractivity contribution >= 4 is 28.4 Å². The van der Waals surface area contributed by atoms with Gasteiger partial charge >= 0.3 is 0 Å². The third-order valence-corrected chi connectivity index (χ3v) is 3.46. The van der Waals surface area contributed by atoms with Crippen LogP contribution in [0.15, 0.2) is 48.9 Å². The summed E-state index contributed by atoms with van der Waals surface area (Å²) in [4.78, 5) is 28.2. The maximum absolute atomic E-state index is 12.3. The van der Waals surface area contributed by atoms with E-state index < -0.39 is 24.5 Å². The number of nitrogens with zero attached hydrogens (tertiary/aromatic N) is 2. The number of aliphatic hydroxyl groups excluding tert-OH is 1. The molecule has 0 aliphatic carbocycles. The third kappa shape index (κ3) is 3.39. The van der Waals surface area contributed by atoms with Crippen molar-refractivity contribution in [1.29, 1.82) is 0 Å². The Balaban J connectivity index is 1.68. The van der Waals surface area contributed by atoms with Crippen molar-refractivity contribution in [3.8, 4) is 0 Å². The van der Waals surface area contributed by atoms with Gasteiger partial charge in [0.25, 0.3) is 5.91 Å².